The maximum atomic E-state index is 11.4. The van der Waals surface area contributed by atoms with Gasteiger partial charge in [-0.1, -0.05) is 0 Å². The molecule has 2 aliphatic rings. The number of hydrogen-bond acceptors (Lipinski definition) is 8. The maximum absolute atomic E-state index is 11.4. The monoisotopic (exact) mass is 332 g/mol. The predicted molar refractivity (Wildman–Crippen MR) is 69.5 cm³/mol. The van der Waals surface area contributed by atoms with Crippen LogP contribution in [-0.2, 0) is 24.5 Å². The van der Waals surface area contributed by atoms with E-state index in [4.69, 9.17) is 24.7 Å². The molecule has 0 aliphatic carbocycles. The van der Waals surface area contributed by atoms with Crippen LogP contribution in [0.15, 0.2) is 12.7 Å². The molecule has 21 heavy (non-hydrogen) atoms. The lowest BCUT2D eigenvalue weighted by Gasteiger charge is -2.16. The average Bonchev–Trinajstić information content (AvgIpc) is 3.12. The molecule has 1 unspecified atom stereocenters. The largest absolute Gasteiger partial charge is 0.492 e. The normalized spacial score (nSPS) is 35.4. The number of aromatic nitrogens is 4. The van der Waals surface area contributed by atoms with Crippen LogP contribution < -0.4 is 0 Å². The maximum Gasteiger partial charge on any atom is 0.305 e. The first kappa shape index (κ1) is 13.3. The van der Waals surface area contributed by atoms with Gasteiger partial charge < -0.3 is 9.84 Å². The van der Waals surface area contributed by atoms with Gasteiger partial charge in [0.1, 0.15) is 18.5 Å². The second kappa shape index (κ2) is 4.85. The van der Waals surface area contributed by atoms with Gasteiger partial charge in [-0.3, -0.25) is 12.9 Å². The van der Waals surface area contributed by atoms with Crippen LogP contribution >= 0.6 is 11.6 Å². The zero-order valence-electron chi connectivity index (χ0n) is 10.3. The summed E-state index contributed by atoms with van der Waals surface area (Å²) in [6.07, 6.45) is 0.434. The summed E-state index contributed by atoms with van der Waals surface area (Å²) in [5.74, 6) is -0.0557. The van der Waals surface area contributed by atoms with Crippen molar-refractivity contribution in [1.29, 1.82) is 0 Å². The first-order chi connectivity index (χ1) is 10.2. The van der Waals surface area contributed by atoms with E-state index in [2.05, 4.69) is 15.0 Å². The lowest BCUT2D eigenvalue weighted by atomic mass is 10.1. The third-order valence-corrected chi connectivity index (χ3v) is 4.49. The molecule has 5 atom stereocenters. The van der Waals surface area contributed by atoms with E-state index < -0.39 is 35.9 Å². The Morgan fingerprint density at radius 3 is 2.95 bits per heavy atom. The number of hydrogen-bond donors (Lipinski definition) is 1. The molecule has 0 aromatic carbocycles. The van der Waals surface area contributed by atoms with E-state index in [1.54, 1.807) is 4.57 Å². The van der Waals surface area contributed by atoms with Crippen molar-refractivity contribution < 1.29 is 22.4 Å². The van der Waals surface area contributed by atoms with E-state index in [1.807, 2.05) is 0 Å². The Morgan fingerprint density at radius 2 is 2.14 bits per heavy atom. The summed E-state index contributed by atoms with van der Waals surface area (Å²) in [6, 6.07) is 0. The molecule has 2 aliphatic heterocycles. The fraction of sp³-hybridized carbons (Fsp3) is 0.500. The molecule has 11 heteroatoms. The fourth-order valence-corrected chi connectivity index (χ4v) is 3.60. The Kier molecular flexibility index (Phi) is 3.08. The first-order valence-corrected chi connectivity index (χ1v) is 7.56. The highest BCUT2D eigenvalue weighted by molar-refractivity contribution is 7.75. The quantitative estimate of drug-likeness (QED) is 0.767. The van der Waals surface area contributed by atoms with Gasteiger partial charge in [0.25, 0.3) is 0 Å². The summed E-state index contributed by atoms with van der Waals surface area (Å²) in [5.41, 5.74) is 0.620. The lowest BCUT2D eigenvalue weighted by molar-refractivity contribution is -0.0246. The zero-order valence-corrected chi connectivity index (χ0v) is 11.9. The summed E-state index contributed by atoms with van der Waals surface area (Å²) in [6.45, 7) is 0. The third kappa shape index (κ3) is 1.94. The molecule has 4 heterocycles. The van der Waals surface area contributed by atoms with E-state index in [9.17, 15) is 9.32 Å². The zero-order chi connectivity index (χ0) is 14.6. The number of halogens is 1. The number of fused-ring (bicyclic) bond motifs is 2. The van der Waals surface area contributed by atoms with Crippen molar-refractivity contribution in [2.45, 2.75) is 24.5 Å². The molecule has 0 amide bonds. The Bertz CT molecular complexity index is 727. The van der Waals surface area contributed by atoms with Gasteiger partial charge in [-0.05, 0) is 0 Å². The van der Waals surface area contributed by atoms with Crippen molar-refractivity contribution in [1.82, 2.24) is 19.5 Å². The minimum atomic E-state index is -1.83. The van der Waals surface area contributed by atoms with Crippen molar-refractivity contribution in [3.8, 4) is 5.88 Å². The van der Waals surface area contributed by atoms with Crippen LogP contribution in [-0.4, -0.2) is 53.0 Å². The highest BCUT2D eigenvalue weighted by Crippen LogP contribution is 2.40. The molecule has 2 aromatic rings. The Morgan fingerprint density at radius 1 is 1.33 bits per heavy atom. The first-order valence-electron chi connectivity index (χ1n) is 6.03. The Hall–Kier alpha value is -1.33. The number of ether oxygens (including phenoxy) is 1. The average molecular weight is 333 g/mol. The molecule has 2 fully saturated rings. The number of rotatable bonds is 2. The van der Waals surface area contributed by atoms with Gasteiger partial charge in [0.2, 0.25) is 5.88 Å². The SMILES string of the molecule is O=S1O[C@@H]2[C@H](O1)[C@@H](CCl)O[C@H]2n1cnc2c(O)ncnc21. The number of aromatic hydroxyl groups is 1. The molecule has 112 valence electrons. The molecule has 2 aromatic heterocycles. The molecular weight excluding hydrogens is 324 g/mol. The summed E-state index contributed by atoms with van der Waals surface area (Å²) in [5, 5.41) is 9.66. The van der Waals surface area contributed by atoms with E-state index >= 15 is 0 Å². The van der Waals surface area contributed by atoms with Gasteiger partial charge in [0.15, 0.2) is 23.5 Å². The van der Waals surface area contributed by atoms with Crippen molar-refractivity contribution in [3.05, 3.63) is 12.7 Å². The molecule has 0 saturated carbocycles. The van der Waals surface area contributed by atoms with Gasteiger partial charge in [0, 0.05) is 0 Å². The topological polar surface area (TPSA) is 109 Å². The van der Waals surface area contributed by atoms with Gasteiger partial charge in [-0.25, -0.2) is 9.97 Å². The van der Waals surface area contributed by atoms with Crippen LogP contribution in [0, 0.1) is 0 Å². The molecule has 9 nitrogen and oxygen atoms in total. The van der Waals surface area contributed by atoms with Crippen LogP contribution in [0.5, 0.6) is 5.88 Å². The molecule has 0 radical (unpaired) electrons. The van der Waals surface area contributed by atoms with E-state index in [1.165, 1.54) is 12.7 Å². The van der Waals surface area contributed by atoms with Crippen LogP contribution in [0.25, 0.3) is 11.2 Å². The summed E-state index contributed by atoms with van der Waals surface area (Å²) in [4.78, 5) is 11.8. The highest BCUT2D eigenvalue weighted by Gasteiger charge is 2.53. The van der Waals surface area contributed by atoms with Crippen molar-refractivity contribution in [2.24, 2.45) is 0 Å². The van der Waals surface area contributed by atoms with Gasteiger partial charge in [0.05, 0.1) is 12.2 Å². The molecule has 1 N–H and O–H groups in total. The second-order valence-corrected chi connectivity index (χ2v) is 5.67. The van der Waals surface area contributed by atoms with E-state index in [0.29, 0.717) is 5.65 Å². The fourth-order valence-electron chi connectivity index (χ4n) is 2.50. The minimum Gasteiger partial charge on any atom is -0.492 e. The summed E-state index contributed by atoms with van der Waals surface area (Å²) in [7, 11) is 0. The minimum absolute atomic E-state index is 0.172. The summed E-state index contributed by atoms with van der Waals surface area (Å²) < 4.78 is 29.2. The smallest absolute Gasteiger partial charge is 0.305 e. The van der Waals surface area contributed by atoms with Crippen LogP contribution in [0.3, 0.4) is 0 Å². The highest BCUT2D eigenvalue weighted by atomic mass is 35.5. The van der Waals surface area contributed by atoms with Crippen molar-refractivity contribution in [2.75, 3.05) is 5.88 Å². The van der Waals surface area contributed by atoms with Crippen molar-refractivity contribution >= 4 is 34.1 Å². The molecule has 4 rings (SSSR count). The standard InChI is InChI=1S/C10H9ClN4O5S/c11-1-4-6-7(20-21(17)19-6)10(18-4)15-3-14-5-8(15)12-2-13-9(5)16/h2-4,6-7,10H,1H2,(H,12,13,16)/t4-,6-,7-,10-,21?/m1/s1. The molecule has 2 saturated heterocycles. The molecule has 0 spiro atoms. The summed E-state index contributed by atoms with van der Waals surface area (Å²) >= 11 is 4.01. The third-order valence-electron chi connectivity index (χ3n) is 3.43. The second-order valence-electron chi connectivity index (χ2n) is 4.57. The number of alkyl halides is 1. The Balaban J connectivity index is 1.78. The van der Waals surface area contributed by atoms with Gasteiger partial charge in [-0.15, -0.1) is 11.6 Å². The van der Waals surface area contributed by atoms with Crippen LogP contribution in [0.1, 0.15) is 6.23 Å². The molecule has 0 bridgehead atoms. The predicted octanol–water partition coefficient (Wildman–Crippen LogP) is 0.0308. The van der Waals surface area contributed by atoms with Crippen molar-refractivity contribution in [3.63, 3.8) is 0 Å². The Labute approximate surface area is 125 Å². The van der Waals surface area contributed by atoms with Gasteiger partial charge >= 0.3 is 11.4 Å². The molecular formula is C10H9ClN4O5S. The van der Waals surface area contributed by atoms with Crippen LogP contribution in [0.2, 0.25) is 0 Å². The van der Waals surface area contributed by atoms with Crippen LogP contribution in [0.4, 0.5) is 0 Å². The number of imidazole rings is 1. The number of nitrogens with zero attached hydrogens (tertiary/aromatic N) is 4. The van der Waals surface area contributed by atoms with E-state index in [-0.39, 0.29) is 17.3 Å². The van der Waals surface area contributed by atoms with Gasteiger partial charge in [-0.2, -0.15) is 9.19 Å². The van der Waals surface area contributed by atoms with E-state index in [0.717, 1.165) is 0 Å². The lowest BCUT2D eigenvalue weighted by Crippen LogP contribution is -2.29.